The molecule has 3 amide bonds. The lowest BCUT2D eigenvalue weighted by atomic mass is 10.1. The van der Waals surface area contributed by atoms with Crippen LogP contribution in [0.1, 0.15) is 91.8 Å². The molecule has 0 saturated heterocycles. The molecule has 0 unspecified atom stereocenters. The summed E-state index contributed by atoms with van der Waals surface area (Å²) in [6.07, 6.45) is 5.10. The number of halogens is 3. The van der Waals surface area contributed by atoms with Crippen LogP contribution in [0.3, 0.4) is 0 Å². The fourth-order valence-corrected chi connectivity index (χ4v) is 5.46. The normalized spacial score (nSPS) is 13.4. The van der Waals surface area contributed by atoms with Gasteiger partial charge in [-0.05, 0) is 80.0 Å². The largest absolute Gasteiger partial charge is 0.354 e. The number of hydrogen-bond acceptors (Lipinski definition) is 7. The first-order valence-corrected chi connectivity index (χ1v) is 20.8. The van der Waals surface area contributed by atoms with Gasteiger partial charge in [0.05, 0.1) is 24.0 Å². The van der Waals surface area contributed by atoms with Crippen molar-refractivity contribution in [1.82, 2.24) is 21.3 Å². The lowest BCUT2D eigenvalue weighted by Crippen LogP contribution is -2.46. The fraction of sp³-hybridized carbons (Fsp3) is 0.450. The second kappa shape index (κ2) is 22.4. The summed E-state index contributed by atoms with van der Waals surface area (Å²) in [5.41, 5.74) is 2.80. The molecule has 0 aromatic heterocycles. The molecular formula is C40H54BrF2N5O6S. The quantitative estimate of drug-likeness (QED) is 0.121. The highest BCUT2D eigenvalue weighted by molar-refractivity contribution is 9.10. The molecule has 0 spiro atoms. The Kier molecular flexibility index (Phi) is 19.1. The number of hydrogen-bond donors (Lipinski definition) is 4. The number of Topliss-reactive ketones (excluding diaryl/α,β-unsaturated/α-hetero) is 1. The number of alkyl halides is 2. The van der Waals surface area contributed by atoms with Crippen molar-refractivity contribution in [2.24, 2.45) is 5.92 Å². The lowest BCUT2D eigenvalue weighted by Gasteiger charge is -2.20. The summed E-state index contributed by atoms with van der Waals surface area (Å²) >= 11 is 3.37. The van der Waals surface area contributed by atoms with Crippen molar-refractivity contribution in [3.05, 3.63) is 99.5 Å². The minimum absolute atomic E-state index is 0.0485. The van der Waals surface area contributed by atoms with E-state index in [9.17, 15) is 36.4 Å². The number of carbonyl (C=O) groups is 4. The summed E-state index contributed by atoms with van der Waals surface area (Å²) in [5.74, 6) is -4.58. The van der Waals surface area contributed by atoms with Gasteiger partial charge in [0.1, 0.15) is 0 Å². The van der Waals surface area contributed by atoms with Crippen molar-refractivity contribution in [1.29, 1.82) is 0 Å². The van der Waals surface area contributed by atoms with Gasteiger partial charge in [-0.2, -0.15) is 8.78 Å². The summed E-state index contributed by atoms with van der Waals surface area (Å²) in [4.78, 5) is 48.2. The molecule has 4 rings (SSSR count). The molecule has 1 aliphatic rings. The predicted molar refractivity (Wildman–Crippen MR) is 217 cm³/mol. The Morgan fingerprint density at radius 3 is 1.96 bits per heavy atom. The van der Waals surface area contributed by atoms with Gasteiger partial charge in [-0.1, -0.05) is 72.2 Å². The van der Waals surface area contributed by atoms with Gasteiger partial charge < -0.3 is 21.3 Å². The Balaban J connectivity index is 0.000000538. The molecule has 1 saturated carbocycles. The standard InChI is InChI=1S/C28H39N5O5S.C8H9Br.C4H6F2O/c1-5-25(28(36)31-18-20-11-12-20)29-13-14-30-26(34)22-15-23(17-24(16-22)33(3)39(4,37)38)27(35)32-19(2)21-9-7-6-8-10-21;1-2-7-3-5-8(9)6-4-7;1-3(7)4(2,5)6/h6-10,15-17,19-20,25,29H,5,11-14,18H2,1-4H3,(H,30,34)(H,31,36)(H,32,35);3-6H,2H2,1H3;1-2H3/t19-,25+;;/m1../s1. The Morgan fingerprint density at radius 1 is 0.909 bits per heavy atom. The third-order valence-corrected chi connectivity index (χ3v) is 10.4. The number of nitrogens with zero attached hydrogens (tertiary/aromatic N) is 1. The molecule has 2 atom stereocenters. The van der Waals surface area contributed by atoms with Crippen LogP contribution in [-0.2, 0) is 26.0 Å². The van der Waals surface area contributed by atoms with E-state index >= 15 is 0 Å². The van der Waals surface area contributed by atoms with Crippen molar-refractivity contribution in [3.63, 3.8) is 0 Å². The smallest absolute Gasteiger partial charge is 0.302 e. The number of sulfonamides is 1. The molecule has 1 aliphatic carbocycles. The average Bonchev–Trinajstić information content (AvgIpc) is 3.98. The van der Waals surface area contributed by atoms with Crippen LogP contribution in [0.5, 0.6) is 0 Å². The first-order chi connectivity index (χ1) is 25.8. The van der Waals surface area contributed by atoms with E-state index in [0.29, 0.717) is 32.4 Å². The van der Waals surface area contributed by atoms with Gasteiger partial charge in [-0.15, -0.1) is 0 Å². The molecule has 15 heteroatoms. The van der Waals surface area contributed by atoms with Crippen LogP contribution < -0.4 is 25.6 Å². The summed E-state index contributed by atoms with van der Waals surface area (Å²) < 4.78 is 49.5. The lowest BCUT2D eigenvalue weighted by molar-refractivity contribution is -0.138. The first-order valence-electron chi connectivity index (χ1n) is 18.1. The van der Waals surface area contributed by atoms with Gasteiger partial charge in [-0.3, -0.25) is 23.5 Å². The third-order valence-electron chi connectivity index (χ3n) is 8.68. The molecule has 11 nitrogen and oxygen atoms in total. The molecular weight excluding hydrogens is 796 g/mol. The molecule has 55 heavy (non-hydrogen) atoms. The van der Waals surface area contributed by atoms with Gasteiger partial charge in [0.15, 0.2) is 5.78 Å². The van der Waals surface area contributed by atoms with E-state index in [2.05, 4.69) is 68.4 Å². The number of nitrogens with one attached hydrogen (secondary N) is 4. The molecule has 302 valence electrons. The summed E-state index contributed by atoms with van der Waals surface area (Å²) in [5, 5.41) is 11.8. The third kappa shape index (κ3) is 17.4. The summed E-state index contributed by atoms with van der Waals surface area (Å²) in [6.45, 7) is 8.67. The van der Waals surface area contributed by atoms with Gasteiger partial charge in [0, 0.05) is 56.1 Å². The first kappa shape index (κ1) is 46.9. The van der Waals surface area contributed by atoms with Crippen LogP contribution >= 0.6 is 15.9 Å². The number of aryl methyl sites for hydroxylation is 1. The van der Waals surface area contributed by atoms with Crippen LogP contribution in [0.15, 0.2) is 77.3 Å². The number of ketones is 1. The number of anilines is 1. The second-order valence-corrected chi connectivity index (χ2v) is 16.3. The maximum absolute atomic E-state index is 13.1. The molecule has 3 aromatic rings. The van der Waals surface area contributed by atoms with Crippen molar-refractivity contribution in [2.75, 3.05) is 37.2 Å². The zero-order valence-electron chi connectivity index (χ0n) is 32.5. The van der Waals surface area contributed by atoms with Crippen LogP contribution in [-0.4, -0.2) is 76.8 Å². The van der Waals surface area contributed by atoms with Gasteiger partial charge in [0.25, 0.3) is 11.8 Å². The second-order valence-electron chi connectivity index (χ2n) is 13.4. The van der Waals surface area contributed by atoms with Gasteiger partial charge in [0.2, 0.25) is 15.9 Å². The molecule has 0 aliphatic heterocycles. The molecule has 1 fully saturated rings. The Morgan fingerprint density at radius 2 is 1.47 bits per heavy atom. The van der Waals surface area contributed by atoms with Crippen molar-refractivity contribution in [3.8, 4) is 0 Å². The van der Waals surface area contributed by atoms with E-state index in [1.54, 1.807) is 0 Å². The minimum Gasteiger partial charge on any atom is -0.354 e. The monoisotopic (exact) mass is 849 g/mol. The molecule has 3 aromatic carbocycles. The number of carbonyl (C=O) groups excluding carboxylic acids is 4. The topological polar surface area (TPSA) is 154 Å². The number of amides is 3. The highest BCUT2D eigenvalue weighted by atomic mass is 79.9. The highest BCUT2D eigenvalue weighted by Gasteiger charge is 2.27. The van der Waals surface area contributed by atoms with E-state index in [1.807, 2.05) is 44.2 Å². The van der Waals surface area contributed by atoms with Crippen molar-refractivity contribution >= 4 is 55.1 Å². The number of rotatable bonds is 16. The van der Waals surface area contributed by atoms with Crippen molar-refractivity contribution in [2.45, 2.75) is 78.3 Å². The Bertz CT molecular complexity index is 1820. The Labute approximate surface area is 332 Å². The maximum atomic E-state index is 13.1. The van der Waals surface area contributed by atoms with Crippen LogP contribution in [0.25, 0.3) is 0 Å². The average molecular weight is 851 g/mol. The molecule has 4 N–H and O–H groups in total. The number of benzene rings is 3. The van der Waals surface area contributed by atoms with Crippen molar-refractivity contribution < 1.29 is 36.4 Å². The molecule has 0 bridgehead atoms. The highest BCUT2D eigenvalue weighted by Crippen LogP contribution is 2.27. The van der Waals surface area contributed by atoms with E-state index in [0.717, 1.165) is 46.8 Å². The van der Waals surface area contributed by atoms with Gasteiger partial charge >= 0.3 is 5.92 Å². The Hall–Kier alpha value is -4.21. The maximum Gasteiger partial charge on any atom is 0.302 e. The summed E-state index contributed by atoms with van der Waals surface area (Å²) in [6, 6.07) is 21.5. The van der Waals surface area contributed by atoms with E-state index < -0.39 is 33.5 Å². The predicted octanol–water partition coefficient (Wildman–Crippen LogP) is 6.44. The van der Waals surface area contributed by atoms with E-state index in [-0.39, 0.29) is 41.3 Å². The van der Waals surface area contributed by atoms with Gasteiger partial charge in [-0.25, -0.2) is 8.42 Å². The molecule has 0 radical (unpaired) electrons. The minimum atomic E-state index is -3.63. The van der Waals surface area contributed by atoms with E-state index in [1.165, 1.54) is 30.8 Å². The molecule has 0 heterocycles. The fourth-order valence-electron chi connectivity index (χ4n) is 4.71. The summed E-state index contributed by atoms with van der Waals surface area (Å²) in [7, 11) is -2.27. The van der Waals surface area contributed by atoms with Crippen LogP contribution in [0, 0.1) is 5.92 Å². The van der Waals surface area contributed by atoms with E-state index in [4.69, 9.17) is 0 Å². The van der Waals surface area contributed by atoms with Crippen LogP contribution in [0.4, 0.5) is 14.5 Å². The zero-order chi connectivity index (χ0) is 41.3. The zero-order valence-corrected chi connectivity index (χ0v) is 35.0. The SMILES string of the molecule is CC(=O)C(C)(F)F.CC[C@H](NCCNC(=O)c1cc(C(=O)N[C@H](C)c2ccccc2)cc(N(C)S(C)(=O)=O)c1)C(=O)NCC1CC1.CCc1ccc(Br)cc1. The van der Waals surface area contributed by atoms with Crippen LogP contribution in [0.2, 0.25) is 0 Å².